The van der Waals surface area contributed by atoms with Gasteiger partial charge in [-0.3, -0.25) is 9.89 Å². The monoisotopic (exact) mass is 295 g/mol. The first-order chi connectivity index (χ1) is 10.1. The number of carbonyl (C=O) groups is 2. The number of hydrogen-bond acceptors (Lipinski definition) is 4. The largest absolute Gasteiger partial charge is 0.481 e. The number of aliphatic carboxylic acids is 1. The molecule has 2 rings (SSSR count). The molecule has 2 amide bonds. The number of amides is 2. The molecular weight excluding hydrogens is 274 g/mol. The van der Waals surface area contributed by atoms with Crippen LogP contribution in [0.3, 0.4) is 0 Å². The molecule has 116 valence electrons. The second-order valence-electron chi connectivity index (χ2n) is 5.44. The van der Waals surface area contributed by atoms with Crippen LogP contribution in [0.15, 0.2) is 6.33 Å². The predicted molar refractivity (Wildman–Crippen MR) is 74.6 cm³/mol. The van der Waals surface area contributed by atoms with Crippen LogP contribution in [0.5, 0.6) is 0 Å². The van der Waals surface area contributed by atoms with Gasteiger partial charge in [0.1, 0.15) is 12.2 Å². The van der Waals surface area contributed by atoms with Crippen LogP contribution >= 0.6 is 0 Å². The fourth-order valence-electron chi connectivity index (χ4n) is 2.64. The fourth-order valence-corrected chi connectivity index (χ4v) is 2.64. The number of aryl methyl sites for hydroxylation is 1. The van der Waals surface area contributed by atoms with Crippen molar-refractivity contribution in [2.24, 2.45) is 5.41 Å². The van der Waals surface area contributed by atoms with Crippen molar-refractivity contribution in [3.05, 3.63) is 12.2 Å². The number of aromatic nitrogens is 3. The molecule has 0 unspecified atom stereocenters. The number of carboxylic acids is 1. The molecule has 1 saturated carbocycles. The summed E-state index contributed by atoms with van der Waals surface area (Å²) in [5, 5.41) is 21.2. The van der Waals surface area contributed by atoms with Crippen molar-refractivity contribution in [3.63, 3.8) is 0 Å². The van der Waals surface area contributed by atoms with Gasteiger partial charge in [-0.15, -0.1) is 0 Å². The van der Waals surface area contributed by atoms with Gasteiger partial charge in [0.15, 0.2) is 0 Å². The maximum Gasteiger partial charge on any atom is 0.314 e. The van der Waals surface area contributed by atoms with Crippen LogP contribution in [0.2, 0.25) is 0 Å². The molecule has 4 N–H and O–H groups in total. The van der Waals surface area contributed by atoms with Gasteiger partial charge in [-0.2, -0.15) is 5.10 Å². The van der Waals surface area contributed by atoms with Crippen LogP contribution in [-0.2, 0) is 11.2 Å². The average molecular weight is 295 g/mol. The number of carboxylic acid groups (broad SMARTS) is 1. The Labute approximate surface area is 122 Å². The summed E-state index contributed by atoms with van der Waals surface area (Å²) in [6.07, 6.45) is 5.98. The molecule has 0 radical (unpaired) electrons. The van der Waals surface area contributed by atoms with E-state index in [-0.39, 0.29) is 12.6 Å². The normalized spacial score (nSPS) is 16.6. The highest BCUT2D eigenvalue weighted by molar-refractivity contribution is 5.78. The first kappa shape index (κ1) is 15.3. The molecule has 21 heavy (non-hydrogen) atoms. The lowest BCUT2D eigenvalue weighted by Crippen LogP contribution is -2.45. The molecule has 1 aliphatic rings. The molecule has 0 aliphatic heterocycles. The summed E-state index contributed by atoms with van der Waals surface area (Å²) >= 11 is 0. The van der Waals surface area contributed by atoms with E-state index in [1.807, 2.05) is 0 Å². The Morgan fingerprint density at radius 3 is 2.71 bits per heavy atom. The number of nitrogens with one attached hydrogen (secondary N) is 3. The maximum atomic E-state index is 11.7. The summed E-state index contributed by atoms with van der Waals surface area (Å²) in [5.74, 6) is -0.0291. The van der Waals surface area contributed by atoms with Crippen molar-refractivity contribution in [3.8, 4) is 0 Å². The molecule has 8 heteroatoms. The van der Waals surface area contributed by atoms with Gasteiger partial charge in [-0.1, -0.05) is 12.8 Å². The second-order valence-corrected chi connectivity index (χ2v) is 5.44. The number of hydrogen-bond donors (Lipinski definition) is 4. The van der Waals surface area contributed by atoms with Gasteiger partial charge in [0.25, 0.3) is 0 Å². The van der Waals surface area contributed by atoms with E-state index in [2.05, 4.69) is 25.8 Å². The summed E-state index contributed by atoms with van der Waals surface area (Å²) in [6.45, 7) is 0.697. The third kappa shape index (κ3) is 4.17. The molecule has 8 nitrogen and oxygen atoms in total. The van der Waals surface area contributed by atoms with E-state index in [4.69, 9.17) is 0 Å². The Morgan fingerprint density at radius 1 is 1.33 bits per heavy atom. The van der Waals surface area contributed by atoms with E-state index < -0.39 is 11.4 Å². The first-order valence-corrected chi connectivity index (χ1v) is 7.22. The van der Waals surface area contributed by atoms with Crippen molar-refractivity contribution in [1.29, 1.82) is 0 Å². The maximum absolute atomic E-state index is 11.7. The third-order valence-corrected chi connectivity index (χ3v) is 3.94. The molecule has 1 aromatic rings. The quantitative estimate of drug-likeness (QED) is 0.551. The Morgan fingerprint density at radius 2 is 2.10 bits per heavy atom. The van der Waals surface area contributed by atoms with Gasteiger partial charge in [-0.05, 0) is 19.3 Å². The van der Waals surface area contributed by atoms with Gasteiger partial charge in [-0.25, -0.2) is 9.78 Å². The van der Waals surface area contributed by atoms with Gasteiger partial charge in [0, 0.05) is 19.5 Å². The van der Waals surface area contributed by atoms with Gasteiger partial charge < -0.3 is 15.7 Å². The zero-order valence-corrected chi connectivity index (χ0v) is 11.9. The van der Waals surface area contributed by atoms with E-state index in [1.54, 1.807) is 0 Å². The lowest BCUT2D eigenvalue weighted by molar-refractivity contribution is -0.148. The van der Waals surface area contributed by atoms with Crippen molar-refractivity contribution < 1.29 is 14.7 Å². The van der Waals surface area contributed by atoms with Gasteiger partial charge in [0.05, 0.1) is 5.41 Å². The van der Waals surface area contributed by atoms with Gasteiger partial charge in [0.2, 0.25) is 0 Å². The number of rotatable bonds is 7. The zero-order valence-electron chi connectivity index (χ0n) is 11.9. The molecular formula is C13H21N5O3. The third-order valence-electron chi connectivity index (χ3n) is 3.94. The van der Waals surface area contributed by atoms with E-state index in [0.717, 1.165) is 25.1 Å². The van der Waals surface area contributed by atoms with E-state index >= 15 is 0 Å². The van der Waals surface area contributed by atoms with Crippen LogP contribution in [0.4, 0.5) is 4.79 Å². The smallest absolute Gasteiger partial charge is 0.314 e. The van der Waals surface area contributed by atoms with Crippen molar-refractivity contribution in [1.82, 2.24) is 25.8 Å². The summed E-state index contributed by atoms with van der Waals surface area (Å²) in [6, 6.07) is -0.319. The molecule has 0 aromatic carbocycles. The number of carbonyl (C=O) groups excluding carboxylic acids is 1. The average Bonchev–Trinajstić information content (AvgIpc) is 3.13. The van der Waals surface area contributed by atoms with Crippen molar-refractivity contribution in [2.45, 2.75) is 38.5 Å². The molecule has 1 fully saturated rings. The molecule has 1 heterocycles. The minimum absolute atomic E-state index is 0.191. The van der Waals surface area contributed by atoms with E-state index in [9.17, 15) is 14.7 Å². The molecule has 0 saturated heterocycles. The van der Waals surface area contributed by atoms with Crippen LogP contribution in [0.1, 0.15) is 37.9 Å². The second kappa shape index (κ2) is 7.05. The Kier molecular flexibility index (Phi) is 5.13. The molecule has 0 atom stereocenters. The minimum atomic E-state index is -0.814. The Hall–Kier alpha value is -2.12. The Balaban J connectivity index is 1.64. The summed E-state index contributed by atoms with van der Waals surface area (Å²) in [4.78, 5) is 27.0. The summed E-state index contributed by atoms with van der Waals surface area (Å²) in [5.41, 5.74) is -0.781. The van der Waals surface area contributed by atoms with Crippen LogP contribution in [-0.4, -0.2) is 45.4 Å². The summed E-state index contributed by atoms with van der Waals surface area (Å²) in [7, 11) is 0. The van der Waals surface area contributed by atoms with Crippen LogP contribution in [0.25, 0.3) is 0 Å². The lowest BCUT2D eigenvalue weighted by atomic mass is 9.86. The SMILES string of the molecule is O=C(NCCCc1ncn[nH]1)NCC1(C(=O)O)CCCC1. The zero-order chi connectivity index (χ0) is 15.1. The lowest BCUT2D eigenvalue weighted by Gasteiger charge is -2.24. The topological polar surface area (TPSA) is 120 Å². The number of urea groups is 1. The Bertz CT molecular complexity index is 468. The number of nitrogens with zero attached hydrogens (tertiary/aromatic N) is 2. The highest BCUT2D eigenvalue weighted by atomic mass is 16.4. The molecule has 0 spiro atoms. The van der Waals surface area contributed by atoms with Crippen molar-refractivity contribution >= 4 is 12.0 Å². The molecule has 1 aliphatic carbocycles. The summed E-state index contributed by atoms with van der Waals surface area (Å²) < 4.78 is 0. The molecule has 1 aromatic heterocycles. The highest BCUT2D eigenvalue weighted by Gasteiger charge is 2.41. The van der Waals surface area contributed by atoms with Crippen molar-refractivity contribution in [2.75, 3.05) is 13.1 Å². The van der Waals surface area contributed by atoms with Gasteiger partial charge >= 0.3 is 12.0 Å². The fraction of sp³-hybridized carbons (Fsp3) is 0.692. The van der Waals surface area contributed by atoms with E-state index in [1.165, 1.54) is 6.33 Å². The minimum Gasteiger partial charge on any atom is -0.481 e. The van der Waals surface area contributed by atoms with Crippen LogP contribution < -0.4 is 10.6 Å². The first-order valence-electron chi connectivity index (χ1n) is 7.22. The standard InChI is InChI=1S/C13H21N5O3/c19-11(20)13(5-1-2-6-13)8-15-12(21)14-7-3-4-10-16-9-17-18-10/h9H,1-8H2,(H,19,20)(H2,14,15,21)(H,16,17,18). The number of aromatic amines is 1. The van der Waals surface area contributed by atoms with Crippen LogP contribution in [0, 0.1) is 5.41 Å². The highest BCUT2D eigenvalue weighted by Crippen LogP contribution is 2.37. The van der Waals surface area contributed by atoms with E-state index in [0.29, 0.717) is 25.8 Å². The predicted octanol–water partition coefficient (Wildman–Crippen LogP) is 0.681. The molecule has 0 bridgehead atoms. The number of H-pyrrole nitrogens is 1.